The van der Waals surface area contributed by atoms with Gasteiger partial charge in [-0.05, 0) is 45.2 Å². The fraction of sp³-hybridized carbons (Fsp3) is 0.524. The van der Waals surface area contributed by atoms with Crippen molar-refractivity contribution in [3.8, 4) is 6.07 Å². The first-order valence-corrected chi connectivity index (χ1v) is 9.81. The third-order valence-corrected chi connectivity index (χ3v) is 5.18. The van der Waals surface area contributed by atoms with Crippen LogP contribution in [-0.4, -0.2) is 74.2 Å². The SMILES string of the molecule is CC1CN(C(=O)/C(C#N)=C\Nc2ccc(N3CCN(C)CC3)cc2)CC(C)O1. The summed E-state index contributed by atoms with van der Waals surface area (Å²) in [7, 11) is 2.14. The van der Waals surface area contributed by atoms with E-state index in [9.17, 15) is 10.1 Å². The number of hydrogen-bond donors (Lipinski definition) is 1. The number of hydrogen-bond acceptors (Lipinski definition) is 6. The predicted octanol–water partition coefficient (Wildman–Crippen LogP) is 1.89. The highest BCUT2D eigenvalue weighted by molar-refractivity contribution is 5.97. The third-order valence-electron chi connectivity index (χ3n) is 5.18. The molecule has 2 atom stereocenters. The number of benzene rings is 1. The zero-order chi connectivity index (χ0) is 20.1. The number of anilines is 2. The van der Waals surface area contributed by atoms with Crippen LogP contribution >= 0.6 is 0 Å². The molecule has 0 aromatic heterocycles. The molecule has 0 spiro atoms. The van der Waals surface area contributed by atoms with Crippen molar-refractivity contribution in [2.24, 2.45) is 0 Å². The minimum Gasteiger partial charge on any atom is -0.372 e. The van der Waals surface area contributed by atoms with E-state index in [-0.39, 0.29) is 23.7 Å². The highest BCUT2D eigenvalue weighted by Crippen LogP contribution is 2.20. The molecule has 2 aliphatic heterocycles. The summed E-state index contributed by atoms with van der Waals surface area (Å²) in [5.74, 6) is -0.258. The monoisotopic (exact) mass is 383 g/mol. The summed E-state index contributed by atoms with van der Waals surface area (Å²) in [6.45, 7) is 9.05. The number of morpholine rings is 1. The summed E-state index contributed by atoms with van der Waals surface area (Å²) < 4.78 is 5.66. The quantitative estimate of drug-likeness (QED) is 0.632. The van der Waals surface area contributed by atoms with Gasteiger partial charge in [0, 0.05) is 56.8 Å². The average molecular weight is 383 g/mol. The topological polar surface area (TPSA) is 71.8 Å². The van der Waals surface area contributed by atoms with E-state index in [1.165, 1.54) is 11.9 Å². The maximum Gasteiger partial charge on any atom is 0.266 e. The standard InChI is InChI=1S/C21H29N5O2/c1-16-14-26(15-17(2)28-16)21(27)18(12-22)13-23-19-4-6-20(7-5-19)25-10-8-24(3)9-11-25/h4-7,13,16-17,23H,8-11,14-15H2,1-3H3/b18-13-. The number of ether oxygens (including phenoxy) is 1. The minimum absolute atomic E-state index is 0.0253. The molecule has 2 heterocycles. The zero-order valence-corrected chi connectivity index (χ0v) is 16.9. The van der Waals surface area contributed by atoms with Crippen molar-refractivity contribution < 1.29 is 9.53 Å². The van der Waals surface area contributed by atoms with E-state index in [1.807, 2.05) is 32.0 Å². The number of carbonyl (C=O) groups is 1. The van der Waals surface area contributed by atoms with E-state index in [4.69, 9.17) is 4.74 Å². The second kappa shape index (κ2) is 9.09. The van der Waals surface area contributed by atoms with Crippen LogP contribution in [0.2, 0.25) is 0 Å². The Morgan fingerprint density at radius 2 is 1.75 bits per heavy atom. The largest absolute Gasteiger partial charge is 0.372 e. The Bertz CT molecular complexity index is 737. The Balaban J connectivity index is 1.61. The third kappa shape index (κ3) is 5.03. The van der Waals surface area contributed by atoms with Crippen LogP contribution in [0.5, 0.6) is 0 Å². The van der Waals surface area contributed by atoms with Gasteiger partial charge < -0.3 is 24.8 Å². The Morgan fingerprint density at radius 1 is 1.14 bits per heavy atom. The van der Waals surface area contributed by atoms with Gasteiger partial charge in [-0.25, -0.2) is 0 Å². The van der Waals surface area contributed by atoms with Crippen LogP contribution in [0.4, 0.5) is 11.4 Å². The van der Waals surface area contributed by atoms with Gasteiger partial charge in [-0.15, -0.1) is 0 Å². The van der Waals surface area contributed by atoms with E-state index < -0.39 is 0 Å². The summed E-state index contributed by atoms with van der Waals surface area (Å²) in [6, 6.07) is 10.1. The molecule has 0 bridgehead atoms. The van der Waals surface area contributed by atoms with Crippen LogP contribution in [0.25, 0.3) is 0 Å². The molecule has 7 heteroatoms. The molecule has 3 rings (SSSR count). The van der Waals surface area contributed by atoms with E-state index in [2.05, 4.69) is 34.3 Å². The van der Waals surface area contributed by atoms with Crippen LogP contribution in [0.1, 0.15) is 13.8 Å². The van der Waals surface area contributed by atoms with Crippen LogP contribution in [0.3, 0.4) is 0 Å². The van der Waals surface area contributed by atoms with Crippen LogP contribution < -0.4 is 10.2 Å². The maximum absolute atomic E-state index is 12.7. The van der Waals surface area contributed by atoms with Gasteiger partial charge in [-0.1, -0.05) is 0 Å². The minimum atomic E-state index is -0.258. The first-order chi connectivity index (χ1) is 13.5. The molecular weight excluding hydrogens is 354 g/mol. The number of amides is 1. The summed E-state index contributed by atoms with van der Waals surface area (Å²) in [5, 5.41) is 12.5. The predicted molar refractivity (Wildman–Crippen MR) is 110 cm³/mol. The van der Waals surface area contributed by atoms with Crippen LogP contribution in [0.15, 0.2) is 36.0 Å². The molecule has 0 aliphatic carbocycles. The zero-order valence-electron chi connectivity index (χ0n) is 16.9. The number of nitriles is 1. The van der Waals surface area contributed by atoms with Crippen molar-refractivity contribution in [1.82, 2.24) is 9.80 Å². The van der Waals surface area contributed by atoms with Crippen molar-refractivity contribution in [3.05, 3.63) is 36.0 Å². The fourth-order valence-electron chi connectivity index (χ4n) is 3.64. The van der Waals surface area contributed by atoms with Crippen molar-refractivity contribution in [2.45, 2.75) is 26.1 Å². The van der Waals surface area contributed by atoms with Gasteiger partial charge in [0.05, 0.1) is 12.2 Å². The Labute approximate surface area is 167 Å². The number of piperazine rings is 1. The van der Waals surface area contributed by atoms with Crippen molar-refractivity contribution >= 4 is 17.3 Å². The summed E-state index contributed by atoms with van der Waals surface area (Å²) in [4.78, 5) is 19.0. The molecule has 2 saturated heterocycles. The van der Waals surface area contributed by atoms with E-state index in [0.29, 0.717) is 13.1 Å². The molecule has 1 N–H and O–H groups in total. The number of likely N-dealkylation sites (N-methyl/N-ethyl adjacent to an activating group) is 1. The van der Waals surface area contributed by atoms with E-state index >= 15 is 0 Å². The van der Waals surface area contributed by atoms with Crippen molar-refractivity contribution in [3.63, 3.8) is 0 Å². The smallest absolute Gasteiger partial charge is 0.266 e. The molecule has 2 unspecified atom stereocenters. The molecule has 0 saturated carbocycles. The molecule has 7 nitrogen and oxygen atoms in total. The van der Waals surface area contributed by atoms with Gasteiger partial charge in [0.2, 0.25) is 0 Å². The number of rotatable bonds is 4. The number of nitrogens with zero attached hydrogens (tertiary/aromatic N) is 4. The van der Waals surface area contributed by atoms with Crippen LogP contribution in [0, 0.1) is 11.3 Å². The molecule has 1 aromatic carbocycles. The van der Waals surface area contributed by atoms with Crippen LogP contribution in [-0.2, 0) is 9.53 Å². The lowest BCUT2D eigenvalue weighted by Gasteiger charge is -2.35. The molecule has 0 radical (unpaired) electrons. The lowest BCUT2D eigenvalue weighted by atomic mass is 10.2. The lowest BCUT2D eigenvalue weighted by Crippen LogP contribution is -2.48. The van der Waals surface area contributed by atoms with E-state index in [0.717, 1.165) is 31.9 Å². The Kier molecular flexibility index (Phi) is 6.55. The van der Waals surface area contributed by atoms with E-state index in [1.54, 1.807) is 4.90 Å². The second-order valence-corrected chi connectivity index (χ2v) is 7.62. The van der Waals surface area contributed by atoms with Crippen molar-refractivity contribution in [1.29, 1.82) is 5.26 Å². The van der Waals surface area contributed by atoms with Gasteiger partial charge in [-0.2, -0.15) is 5.26 Å². The Hall–Kier alpha value is -2.56. The molecule has 1 amide bonds. The first kappa shape index (κ1) is 20.2. The molecule has 2 aliphatic rings. The van der Waals surface area contributed by atoms with Gasteiger partial charge in [0.15, 0.2) is 0 Å². The van der Waals surface area contributed by atoms with Gasteiger partial charge in [-0.3, -0.25) is 4.79 Å². The van der Waals surface area contributed by atoms with Gasteiger partial charge in [0.1, 0.15) is 11.6 Å². The summed E-state index contributed by atoms with van der Waals surface area (Å²) in [6.07, 6.45) is 1.45. The molecule has 2 fully saturated rings. The number of carbonyl (C=O) groups excluding carboxylic acids is 1. The summed E-state index contributed by atoms with van der Waals surface area (Å²) in [5.41, 5.74) is 2.14. The van der Waals surface area contributed by atoms with Gasteiger partial charge in [0.25, 0.3) is 5.91 Å². The first-order valence-electron chi connectivity index (χ1n) is 9.81. The fourth-order valence-corrected chi connectivity index (χ4v) is 3.64. The highest BCUT2D eigenvalue weighted by atomic mass is 16.5. The van der Waals surface area contributed by atoms with Gasteiger partial charge >= 0.3 is 0 Å². The molecular formula is C21H29N5O2. The molecule has 1 aromatic rings. The summed E-state index contributed by atoms with van der Waals surface area (Å²) >= 11 is 0. The molecule has 28 heavy (non-hydrogen) atoms. The average Bonchev–Trinajstić information content (AvgIpc) is 2.68. The normalized spacial score (nSPS) is 24.0. The lowest BCUT2D eigenvalue weighted by molar-refractivity contribution is -0.138. The molecule has 150 valence electrons. The second-order valence-electron chi connectivity index (χ2n) is 7.62. The van der Waals surface area contributed by atoms with Crippen molar-refractivity contribution in [2.75, 3.05) is 56.5 Å². The maximum atomic E-state index is 12.7. The highest BCUT2D eigenvalue weighted by Gasteiger charge is 2.27. The number of nitrogens with one attached hydrogen (secondary N) is 1. The Morgan fingerprint density at radius 3 is 2.32 bits per heavy atom.